The van der Waals surface area contributed by atoms with Crippen molar-refractivity contribution >= 4 is 22.5 Å². The Kier molecular flexibility index (Phi) is 3.51. The molecule has 0 unspecified atom stereocenters. The SMILES string of the molecule is Cn1c(=O)c2c(ncn2Cc2nc(C(C)(C)C)cs2)n(C)c1=O. The number of fused-ring (bicyclic) bond motifs is 1. The van der Waals surface area contributed by atoms with Crippen molar-refractivity contribution < 1.29 is 0 Å². The number of aryl methyl sites for hydroxylation is 1. The minimum atomic E-state index is -0.378. The minimum Gasteiger partial charge on any atom is -0.318 e. The van der Waals surface area contributed by atoms with Crippen molar-refractivity contribution in [2.24, 2.45) is 14.1 Å². The van der Waals surface area contributed by atoms with Crippen LogP contribution in [0.4, 0.5) is 0 Å². The van der Waals surface area contributed by atoms with E-state index in [0.717, 1.165) is 15.3 Å². The van der Waals surface area contributed by atoms with Gasteiger partial charge in [-0.2, -0.15) is 0 Å². The van der Waals surface area contributed by atoms with Crippen LogP contribution in [0.1, 0.15) is 31.5 Å². The molecule has 3 aromatic rings. The van der Waals surface area contributed by atoms with E-state index in [1.54, 1.807) is 29.3 Å². The van der Waals surface area contributed by atoms with Crippen molar-refractivity contribution in [3.05, 3.63) is 43.2 Å². The molecule has 8 heteroatoms. The molecule has 3 heterocycles. The average molecular weight is 333 g/mol. The molecule has 122 valence electrons. The number of hydrogen-bond acceptors (Lipinski definition) is 5. The van der Waals surface area contributed by atoms with Gasteiger partial charge in [-0.1, -0.05) is 20.8 Å². The molecule has 0 amide bonds. The second-order valence-corrected chi connectivity index (χ2v) is 7.57. The molecule has 23 heavy (non-hydrogen) atoms. The van der Waals surface area contributed by atoms with E-state index in [2.05, 4.69) is 30.7 Å². The molecule has 3 aromatic heterocycles. The summed E-state index contributed by atoms with van der Waals surface area (Å²) in [4.78, 5) is 33.2. The third-order valence-electron chi connectivity index (χ3n) is 3.84. The first kappa shape index (κ1) is 15.7. The van der Waals surface area contributed by atoms with Gasteiger partial charge in [-0.25, -0.2) is 14.8 Å². The van der Waals surface area contributed by atoms with Gasteiger partial charge < -0.3 is 4.57 Å². The summed E-state index contributed by atoms with van der Waals surface area (Å²) in [6.45, 7) is 6.81. The van der Waals surface area contributed by atoms with E-state index in [0.29, 0.717) is 17.7 Å². The van der Waals surface area contributed by atoms with Crippen LogP contribution in [-0.4, -0.2) is 23.7 Å². The molecule has 0 fully saturated rings. The van der Waals surface area contributed by atoms with Gasteiger partial charge in [0, 0.05) is 24.9 Å². The van der Waals surface area contributed by atoms with E-state index in [4.69, 9.17) is 0 Å². The van der Waals surface area contributed by atoms with Crippen LogP contribution in [0.3, 0.4) is 0 Å². The van der Waals surface area contributed by atoms with Crippen LogP contribution in [0.15, 0.2) is 21.3 Å². The summed E-state index contributed by atoms with van der Waals surface area (Å²) in [6.07, 6.45) is 1.59. The lowest BCUT2D eigenvalue weighted by Gasteiger charge is -2.14. The molecule has 0 saturated carbocycles. The van der Waals surface area contributed by atoms with Crippen LogP contribution < -0.4 is 11.2 Å². The Hall–Kier alpha value is -2.22. The Morgan fingerprint density at radius 2 is 1.87 bits per heavy atom. The zero-order valence-electron chi connectivity index (χ0n) is 13.8. The molecule has 0 aromatic carbocycles. The maximum absolute atomic E-state index is 12.4. The van der Waals surface area contributed by atoms with Crippen LogP contribution >= 0.6 is 11.3 Å². The number of thiazole rings is 1. The topological polar surface area (TPSA) is 74.7 Å². The Bertz CT molecular complexity index is 1000. The van der Waals surface area contributed by atoms with Crippen LogP contribution in [0.25, 0.3) is 11.2 Å². The summed E-state index contributed by atoms with van der Waals surface area (Å²) in [5.41, 5.74) is 1.12. The van der Waals surface area contributed by atoms with Gasteiger partial charge in [0.25, 0.3) is 5.56 Å². The summed E-state index contributed by atoms with van der Waals surface area (Å²) >= 11 is 1.56. The van der Waals surface area contributed by atoms with Gasteiger partial charge in [0.2, 0.25) is 0 Å². The molecule has 0 spiro atoms. The number of imidazole rings is 1. The van der Waals surface area contributed by atoms with E-state index in [-0.39, 0.29) is 16.7 Å². The predicted molar refractivity (Wildman–Crippen MR) is 90.1 cm³/mol. The summed E-state index contributed by atoms with van der Waals surface area (Å²) < 4.78 is 4.24. The quantitative estimate of drug-likeness (QED) is 0.707. The maximum Gasteiger partial charge on any atom is 0.332 e. The summed E-state index contributed by atoms with van der Waals surface area (Å²) in [5, 5.41) is 2.95. The molecule has 0 saturated heterocycles. The molecule has 0 bridgehead atoms. The standard InChI is InChI=1S/C15H19N5O2S/c1-15(2,3)9-7-23-10(17-9)6-20-8-16-12-11(20)13(21)19(5)14(22)18(12)4/h7-8H,6H2,1-5H3. The van der Waals surface area contributed by atoms with Crippen molar-refractivity contribution in [2.75, 3.05) is 0 Å². The highest BCUT2D eigenvalue weighted by Crippen LogP contribution is 2.24. The fourth-order valence-electron chi connectivity index (χ4n) is 2.39. The van der Waals surface area contributed by atoms with Crippen LogP contribution in [0.5, 0.6) is 0 Å². The number of aromatic nitrogens is 5. The summed E-state index contributed by atoms with van der Waals surface area (Å²) in [6, 6.07) is 0. The monoisotopic (exact) mass is 333 g/mol. The first-order valence-electron chi connectivity index (χ1n) is 7.26. The Labute approximate surface area is 136 Å². The largest absolute Gasteiger partial charge is 0.332 e. The van der Waals surface area contributed by atoms with Crippen LogP contribution in [0.2, 0.25) is 0 Å². The molecule has 3 rings (SSSR count). The fraction of sp³-hybridized carbons (Fsp3) is 0.467. The molecule has 0 radical (unpaired) electrons. The molecule has 0 atom stereocenters. The Morgan fingerprint density at radius 1 is 1.17 bits per heavy atom. The predicted octanol–water partition coefficient (Wildman–Crippen LogP) is 1.24. The van der Waals surface area contributed by atoms with E-state index in [9.17, 15) is 9.59 Å². The molecule has 0 aliphatic rings. The van der Waals surface area contributed by atoms with Gasteiger partial charge in [-0.15, -0.1) is 11.3 Å². The lowest BCUT2D eigenvalue weighted by molar-refractivity contribution is 0.570. The molecule has 0 N–H and O–H groups in total. The molecular weight excluding hydrogens is 314 g/mol. The Morgan fingerprint density at radius 3 is 2.48 bits per heavy atom. The number of hydrogen-bond donors (Lipinski definition) is 0. The van der Waals surface area contributed by atoms with E-state index < -0.39 is 0 Å². The van der Waals surface area contributed by atoms with Crippen molar-refractivity contribution in [3.63, 3.8) is 0 Å². The van der Waals surface area contributed by atoms with Gasteiger partial charge in [-0.05, 0) is 0 Å². The van der Waals surface area contributed by atoms with Crippen molar-refractivity contribution in [3.8, 4) is 0 Å². The van der Waals surface area contributed by atoms with Crippen molar-refractivity contribution in [1.82, 2.24) is 23.7 Å². The first-order chi connectivity index (χ1) is 10.7. The zero-order valence-corrected chi connectivity index (χ0v) is 14.6. The lowest BCUT2D eigenvalue weighted by atomic mass is 9.93. The van der Waals surface area contributed by atoms with E-state index in [1.165, 1.54) is 11.6 Å². The van der Waals surface area contributed by atoms with Gasteiger partial charge >= 0.3 is 5.69 Å². The maximum atomic E-state index is 12.4. The second-order valence-electron chi connectivity index (χ2n) is 6.63. The van der Waals surface area contributed by atoms with Crippen molar-refractivity contribution in [2.45, 2.75) is 32.7 Å². The highest BCUT2D eigenvalue weighted by atomic mass is 32.1. The minimum absolute atomic E-state index is 0.00815. The van der Waals surface area contributed by atoms with E-state index in [1.807, 2.05) is 5.38 Å². The van der Waals surface area contributed by atoms with E-state index >= 15 is 0 Å². The summed E-state index contributed by atoms with van der Waals surface area (Å²) in [7, 11) is 3.09. The first-order valence-corrected chi connectivity index (χ1v) is 8.14. The average Bonchev–Trinajstić information content (AvgIpc) is 3.10. The highest BCUT2D eigenvalue weighted by molar-refractivity contribution is 7.09. The van der Waals surface area contributed by atoms with Crippen molar-refractivity contribution in [1.29, 1.82) is 0 Å². The fourth-order valence-corrected chi connectivity index (χ4v) is 3.41. The third-order valence-corrected chi connectivity index (χ3v) is 4.68. The van der Waals surface area contributed by atoms with Gasteiger partial charge in [-0.3, -0.25) is 13.9 Å². The number of rotatable bonds is 2. The summed E-state index contributed by atoms with van der Waals surface area (Å²) in [5.74, 6) is 0. The van der Waals surface area contributed by atoms with Gasteiger partial charge in [0.1, 0.15) is 5.01 Å². The van der Waals surface area contributed by atoms with Gasteiger partial charge in [0.05, 0.1) is 18.6 Å². The third kappa shape index (κ3) is 2.52. The van der Waals surface area contributed by atoms with Crippen LogP contribution in [0, 0.1) is 0 Å². The van der Waals surface area contributed by atoms with Crippen LogP contribution in [-0.2, 0) is 26.1 Å². The Balaban J connectivity index is 2.10. The smallest absolute Gasteiger partial charge is 0.318 e. The van der Waals surface area contributed by atoms with Gasteiger partial charge in [0.15, 0.2) is 11.2 Å². The second kappa shape index (κ2) is 5.16. The normalized spacial score (nSPS) is 12.2. The lowest BCUT2D eigenvalue weighted by Crippen LogP contribution is -2.37. The number of nitrogens with zero attached hydrogens (tertiary/aromatic N) is 5. The molecule has 7 nitrogen and oxygen atoms in total. The zero-order chi connectivity index (χ0) is 16.9. The molecular formula is C15H19N5O2S. The highest BCUT2D eigenvalue weighted by Gasteiger charge is 2.19. The molecule has 0 aliphatic carbocycles. The molecule has 0 aliphatic heterocycles.